The number of benzene rings is 4. The fourth-order valence-electron chi connectivity index (χ4n) is 9.07. The largest absolute Gasteiger partial charge is 0.354 e. The van der Waals surface area contributed by atoms with Crippen LogP contribution in [0.25, 0.3) is 90.9 Å². The van der Waals surface area contributed by atoms with Crippen molar-refractivity contribution in [2.45, 2.75) is 38.5 Å². The Bertz CT molecular complexity index is 3100. The summed E-state index contributed by atoms with van der Waals surface area (Å²) in [7, 11) is 0. The van der Waals surface area contributed by atoms with E-state index in [0.29, 0.717) is 33.5 Å². The van der Waals surface area contributed by atoms with E-state index in [4.69, 9.17) is 9.97 Å². The second-order valence-corrected chi connectivity index (χ2v) is 16.5. The zero-order valence-electron chi connectivity index (χ0n) is 35.8. The Hall–Kier alpha value is -7.65. The molecule has 4 aromatic carbocycles. The molecule has 0 saturated heterocycles. The van der Waals surface area contributed by atoms with Gasteiger partial charge in [0.15, 0.2) is 23.3 Å². The van der Waals surface area contributed by atoms with Crippen LogP contribution in [0.5, 0.6) is 0 Å². The monoisotopic (exact) mass is 866 g/mol. The van der Waals surface area contributed by atoms with E-state index >= 15 is 17.6 Å². The molecule has 9 rings (SSSR count). The molecule has 65 heavy (non-hydrogen) atoms. The fraction of sp³-hybridized carbons (Fsp3) is 0.107. The molecule has 0 amide bonds. The summed E-state index contributed by atoms with van der Waals surface area (Å²) in [5, 5.41) is 0. The molecule has 9 heteroatoms. The topological polar surface area (TPSA) is 57.4 Å². The van der Waals surface area contributed by atoms with Crippen molar-refractivity contribution in [1.82, 2.24) is 19.9 Å². The number of allylic oxidation sites excluding steroid dienone is 3. The maximum absolute atomic E-state index is 16.0. The van der Waals surface area contributed by atoms with Gasteiger partial charge in [0.25, 0.3) is 0 Å². The molecule has 4 nitrogen and oxygen atoms in total. The van der Waals surface area contributed by atoms with Crippen molar-refractivity contribution in [2.24, 2.45) is 0 Å². The molecular formula is C56H43F5N4. The van der Waals surface area contributed by atoms with Gasteiger partial charge >= 0.3 is 0 Å². The predicted octanol–water partition coefficient (Wildman–Crippen LogP) is 15.6. The van der Waals surface area contributed by atoms with Gasteiger partial charge in [-0.15, -0.1) is 19.7 Å². The van der Waals surface area contributed by atoms with Crippen LogP contribution >= 0.6 is 0 Å². The van der Waals surface area contributed by atoms with Crippen molar-refractivity contribution in [2.75, 3.05) is 0 Å². The Kier molecular flexibility index (Phi) is 11.2. The zero-order valence-corrected chi connectivity index (χ0v) is 35.8. The Morgan fingerprint density at radius 3 is 1.12 bits per heavy atom. The van der Waals surface area contributed by atoms with Gasteiger partial charge in [-0.3, -0.25) is 0 Å². The highest BCUT2D eigenvalue weighted by atomic mass is 19.2. The second-order valence-electron chi connectivity index (χ2n) is 16.5. The van der Waals surface area contributed by atoms with Crippen molar-refractivity contribution in [3.8, 4) is 44.5 Å². The summed E-state index contributed by atoms with van der Waals surface area (Å²) in [5.41, 5.74) is 9.67. The van der Waals surface area contributed by atoms with E-state index in [-0.39, 0.29) is 22.4 Å². The van der Waals surface area contributed by atoms with Gasteiger partial charge in [0.2, 0.25) is 5.82 Å². The number of hydrogen-bond acceptors (Lipinski definition) is 2. The third kappa shape index (κ3) is 7.56. The van der Waals surface area contributed by atoms with Crippen molar-refractivity contribution >= 4 is 46.4 Å². The van der Waals surface area contributed by atoms with Crippen LogP contribution < -0.4 is 0 Å². The van der Waals surface area contributed by atoms with Crippen LogP contribution in [0.15, 0.2) is 135 Å². The highest BCUT2D eigenvalue weighted by Gasteiger charge is 2.31. The van der Waals surface area contributed by atoms with Gasteiger partial charge in [0.1, 0.15) is 0 Å². The van der Waals surface area contributed by atoms with Crippen LogP contribution in [0.3, 0.4) is 0 Å². The molecule has 0 spiro atoms. The van der Waals surface area contributed by atoms with E-state index in [1.807, 2.05) is 105 Å². The third-order valence-electron chi connectivity index (χ3n) is 12.3. The Morgan fingerprint density at radius 1 is 0.415 bits per heavy atom. The van der Waals surface area contributed by atoms with Gasteiger partial charge in [-0.05, 0) is 104 Å². The molecule has 0 unspecified atom stereocenters. The van der Waals surface area contributed by atoms with Crippen molar-refractivity contribution in [3.63, 3.8) is 0 Å². The molecule has 0 fully saturated rings. The van der Waals surface area contributed by atoms with E-state index in [9.17, 15) is 4.39 Å². The summed E-state index contributed by atoms with van der Waals surface area (Å²) >= 11 is 0. The van der Waals surface area contributed by atoms with Gasteiger partial charge in [-0.25, -0.2) is 31.9 Å². The summed E-state index contributed by atoms with van der Waals surface area (Å²) < 4.78 is 76.7. The normalized spacial score (nSPS) is 12.2. The number of fused-ring (bicyclic) bond motifs is 8. The summed E-state index contributed by atoms with van der Waals surface area (Å²) in [6.07, 6.45) is 14.4. The minimum absolute atomic E-state index is 0.0387. The second kappa shape index (κ2) is 17.1. The average molecular weight is 867 g/mol. The Morgan fingerprint density at radius 2 is 0.738 bits per heavy atom. The quantitative estimate of drug-likeness (QED) is 0.0589. The van der Waals surface area contributed by atoms with Crippen LogP contribution in [0.1, 0.15) is 58.7 Å². The molecule has 0 saturated carbocycles. The molecule has 5 heterocycles. The number of nitrogens with one attached hydrogen (secondary N) is 2. The summed E-state index contributed by atoms with van der Waals surface area (Å²) in [4.78, 5) is 17.2. The molecule has 8 bridgehead atoms. The first-order valence-corrected chi connectivity index (χ1v) is 21.2. The maximum Gasteiger partial charge on any atom is 0.200 e. The molecule has 2 N–H and O–H groups in total. The number of aromatic nitrogens is 4. The summed E-state index contributed by atoms with van der Waals surface area (Å²) in [6.45, 7) is 16.1. The fourth-order valence-corrected chi connectivity index (χ4v) is 9.07. The molecule has 7 aromatic rings. The Balaban J connectivity index is 1.43. The van der Waals surface area contributed by atoms with Gasteiger partial charge in [0.05, 0.1) is 28.3 Å². The minimum Gasteiger partial charge on any atom is -0.354 e. The molecule has 0 atom stereocenters. The number of aryl methyl sites for hydroxylation is 2. The number of hydrogen-bond donors (Lipinski definition) is 2. The van der Waals surface area contributed by atoms with Crippen LogP contribution in [0.2, 0.25) is 0 Å². The SMILES string of the molecule is C=CCC(CC=C)(CC=C)c1ccc(-c2c3ccc([nH]3)c(-c3ccc(C)cc3)c3nc(c(-c4c(F)c(F)c(F)c(F)c4F)c4nc(c(-c5ccc(C)cc5)c5ccc2[nH]5)C=C4)C=C3)cc1. The van der Waals surface area contributed by atoms with Crippen molar-refractivity contribution < 1.29 is 22.0 Å². The number of nitrogens with zero attached hydrogens (tertiary/aromatic N) is 2. The molecule has 0 radical (unpaired) electrons. The smallest absolute Gasteiger partial charge is 0.200 e. The summed E-state index contributed by atoms with van der Waals surface area (Å²) in [5.74, 6) is -10.4. The Labute approximate surface area is 373 Å². The first kappa shape index (κ1) is 42.6. The minimum atomic E-state index is -2.26. The van der Waals surface area contributed by atoms with Crippen LogP contribution in [0.4, 0.5) is 22.0 Å². The van der Waals surface area contributed by atoms with Crippen molar-refractivity contribution in [1.29, 1.82) is 0 Å². The molecular weight excluding hydrogens is 824 g/mol. The third-order valence-corrected chi connectivity index (χ3v) is 12.3. The molecule has 322 valence electrons. The lowest BCUT2D eigenvalue weighted by Crippen LogP contribution is -2.24. The average Bonchev–Trinajstić information content (AvgIpc) is 4.16. The predicted molar refractivity (Wildman–Crippen MR) is 256 cm³/mol. The lowest BCUT2D eigenvalue weighted by Gasteiger charge is -2.32. The van der Waals surface area contributed by atoms with Gasteiger partial charge in [0, 0.05) is 49.7 Å². The van der Waals surface area contributed by atoms with E-state index in [1.165, 1.54) is 12.2 Å². The lowest BCUT2D eigenvalue weighted by molar-refractivity contribution is 0.381. The van der Waals surface area contributed by atoms with E-state index in [0.717, 1.165) is 69.2 Å². The zero-order chi connectivity index (χ0) is 45.6. The lowest BCUT2D eigenvalue weighted by atomic mass is 9.72. The standard InChI is InChI=1S/C56H43F5N4/c1-6-29-56(30-7-2,31-8-3)37-19-17-36(18-20-37)48-40-23-21-38(62-40)46(34-13-9-32(4)10-14-34)42-25-27-44(64-42)49(50-51(57)53(59)55(61)54(60)52(50)58)45-28-26-43(65-45)47(39-22-24-41(48)63-39)35-15-11-33(5)12-16-35/h6-28,62-63H,1-3,29-31H2,4-5H3. The van der Waals surface area contributed by atoms with E-state index < -0.39 is 34.6 Å². The highest BCUT2D eigenvalue weighted by molar-refractivity contribution is 6.00. The first-order valence-electron chi connectivity index (χ1n) is 21.2. The molecule has 3 aromatic heterocycles. The van der Waals surface area contributed by atoms with Crippen LogP contribution in [0, 0.1) is 42.9 Å². The van der Waals surface area contributed by atoms with Crippen molar-refractivity contribution in [3.05, 3.63) is 204 Å². The van der Waals surface area contributed by atoms with Gasteiger partial charge in [-0.1, -0.05) is 102 Å². The molecule has 0 aliphatic carbocycles. The van der Waals surface area contributed by atoms with Crippen LogP contribution in [-0.4, -0.2) is 19.9 Å². The van der Waals surface area contributed by atoms with E-state index in [1.54, 1.807) is 12.2 Å². The first-order chi connectivity index (χ1) is 31.4. The van der Waals surface area contributed by atoms with Gasteiger partial charge in [-0.2, -0.15) is 0 Å². The van der Waals surface area contributed by atoms with Crippen LogP contribution in [-0.2, 0) is 5.41 Å². The molecule has 2 aliphatic heterocycles. The maximum atomic E-state index is 16.0. The van der Waals surface area contributed by atoms with E-state index in [2.05, 4.69) is 54.0 Å². The summed E-state index contributed by atoms with van der Waals surface area (Å²) in [6, 6.07) is 32.1. The number of aromatic amines is 2. The molecule has 2 aliphatic rings. The highest BCUT2D eigenvalue weighted by Crippen LogP contribution is 2.42. The number of halogens is 5. The number of rotatable bonds is 11. The number of H-pyrrole nitrogens is 2. The van der Waals surface area contributed by atoms with Gasteiger partial charge < -0.3 is 9.97 Å².